The van der Waals surface area contributed by atoms with E-state index in [4.69, 9.17) is 23.8 Å². The lowest BCUT2D eigenvalue weighted by atomic mass is 10.3. The molecule has 114 valence electrons. The Labute approximate surface area is 139 Å². The number of amides is 1. The third-order valence-electron chi connectivity index (χ3n) is 2.44. The molecule has 1 amide bonds. The summed E-state index contributed by atoms with van der Waals surface area (Å²) >= 11 is 12.2. The molecule has 1 aromatic heterocycles. The van der Waals surface area contributed by atoms with E-state index < -0.39 is 4.92 Å². The molecule has 10 heteroatoms. The average molecular weight is 357 g/mol. The van der Waals surface area contributed by atoms with Gasteiger partial charge >= 0.3 is 0 Å². The number of halogens is 1. The molecule has 0 unspecified atom stereocenters. The quantitative estimate of drug-likeness (QED) is 0.444. The van der Waals surface area contributed by atoms with Crippen LogP contribution in [-0.4, -0.2) is 15.9 Å². The molecule has 0 aliphatic rings. The average Bonchev–Trinajstić information content (AvgIpc) is 3.01. The SMILES string of the molecule is O=C(NNC(=S)Nc1cc([N+](=O)[O-])ccc1Cl)c1cccs1. The summed E-state index contributed by atoms with van der Waals surface area (Å²) in [5.41, 5.74) is 5.03. The molecule has 2 rings (SSSR count). The van der Waals surface area contributed by atoms with Crippen LogP contribution >= 0.6 is 35.2 Å². The van der Waals surface area contributed by atoms with Crippen LogP contribution < -0.4 is 16.2 Å². The monoisotopic (exact) mass is 356 g/mol. The van der Waals surface area contributed by atoms with Gasteiger partial charge in [-0.25, -0.2) is 0 Å². The van der Waals surface area contributed by atoms with Crippen LogP contribution in [0.1, 0.15) is 9.67 Å². The molecule has 3 N–H and O–H groups in total. The van der Waals surface area contributed by atoms with Crippen LogP contribution in [0.25, 0.3) is 0 Å². The van der Waals surface area contributed by atoms with E-state index in [9.17, 15) is 14.9 Å². The van der Waals surface area contributed by atoms with Crippen molar-refractivity contribution in [3.05, 3.63) is 55.7 Å². The van der Waals surface area contributed by atoms with Crippen molar-refractivity contribution in [1.29, 1.82) is 0 Å². The summed E-state index contributed by atoms with van der Waals surface area (Å²) in [7, 11) is 0. The second kappa shape index (κ2) is 7.16. The van der Waals surface area contributed by atoms with Gasteiger partial charge in [-0.05, 0) is 29.7 Å². The highest BCUT2D eigenvalue weighted by Gasteiger charge is 2.11. The third kappa shape index (κ3) is 4.13. The minimum Gasteiger partial charge on any atom is -0.330 e. The molecule has 1 aromatic carbocycles. The van der Waals surface area contributed by atoms with Crippen molar-refractivity contribution >= 4 is 57.5 Å². The Kier molecular flexibility index (Phi) is 5.26. The lowest BCUT2D eigenvalue weighted by Crippen LogP contribution is -2.43. The van der Waals surface area contributed by atoms with Gasteiger partial charge in [-0.2, -0.15) is 0 Å². The number of nitrogens with zero attached hydrogens (tertiary/aromatic N) is 1. The van der Waals surface area contributed by atoms with Crippen LogP contribution in [0.15, 0.2) is 35.7 Å². The summed E-state index contributed by atoms with van der Waals surface area (Å²) in [5, 5.41) is 15.5. The molecule has 2 aromatic rings. The number of thiophene rings is 1. The fourth-order valence-electron chi connectivity index (χ4n) is 1.46. The molecule has 0 spiro atoms. The van der Waals surface area contributed by atoms with Gasteiger partial charge in [0, 0.05) is 12.1 Å². The van der Waals surface area contributed by atoms with E-state index in [0.717, 1.165) is 0 Å². The molecule has 0 aliphatic heterocycles. The molecule has 0 atom stereocenters. The van der Waals surface area contributed by atoms with Gasteiger partial charge in [-0.3, -0.25) is 25.8 Å². The first-order valence-corrected chi connectivity index (χ1v) is 7.49. The van der Waals surface area contributed by atoms with Gasteiger partial charge in [0.2, 0.25) is 0 Å². The zero-order valence-corrected chi connectivity index (χ0v) is 13.2. The number of hydrogen-bond donors (Lipinski definition) is 3. The van der Waals surface area contributed by atoms with Crippen molar-refractivity contribution in [3.8, 4) is 0 Å². The number of rotatable bonds is 3. The molecular formula is C12H9ClN4O3S2. The van der Waals surface area contributed by atoms with Crippen molar-refractivity contribution < 1.29 is 9.72 Å². The van der Waals surface area contributed by atoms with E-state index in [1.54, 1.807) is 17.5 Å². The van der Waals surface area contributed by atoms with Gasteiger partial charge in [0.1, 0.15) is 0 Å². The number of nitro benzene ring substituents is 1. The van der Waals surface area contributed by atoms with Crippen LogP contribution in [0.3, 0.4) is 0 Å². The van der Waals surface area contributed by atoms with Crippen molar-refractivity contribution in [3.63, 3.8) is 0 Å². The molecular weight excluding hydrogens is 348 g/mol. The number of thiocarbonyl (C=S) groups is 1. The number of nitrogens with one attached hydrogen (secondary N) is 3. The predicted molar refractivity (Wildman–Crippen MR) is 89.2 cm³/mol. The van der Waals surface area contributed by atoms with Crippen LogP contribution in [0.4, 0.5) is 11.4 Å². The maximum absolute atomic E-state index is 11.7. The highest BCUT2D eigenvalue weighted by molar-refractivity contribution is 7.80. The van der Waals surface area contributed by atoms with Crippen LogP contribution in [0.2, 0.25) is 5.02 Å². The second-order valence-corrected chi connectivity index (χ2v) is 5.69. The first-order chi connectivity index (χ1) is 10.5. The zero-order chi connectivity index (χ0) is 16.1. The van der Waals surface area contributed by atoms with E-state index in [-0.39, 0.29) is 27.4 Å². The van der Waals surface area contributed by atoms with Crippen LogP contribution in [0, 0.1) is 10.1 Å². The zero-order valence-electron chi connectivity index (χ0n) is 10.8. The van der Waals surface area contributed by atoms with E-state index >= 15 is 0 Å². The molecule has 7 nitrogen and oxygen atoms in total. The van der Waals surface area contributed by atoms with Crippen LogP contribution in [-0.2, 0) is 0 Å². The summed E-state index contributed by atoms with van der Waals surface area (Å²) in [6.45, 7) is 0. The standard InChI is InChI=1S/C12H9ClN4O3S2/c13-8-4-3-7(17(19)20)6-9(8)14-12(21)16-15-11(18)10-2-1-5-22-10/h1-6H,(H,15,18)(H2,14,16,21). The number of non-ortho nitro benzene ring substituents is 1. The number of hydrogen-bond acceptors (Lipinski definition) is 5. The van der Waals surface area contributed by atoms with Crippen molar-refractivity contribution in [1.82, 2.24) is 10.9 Å². The first-order valence-electron chi connectivity index (χ1n) is 5.82. The molecule has 0 fully saturated rings. The molecule has 1 heterocycles. The van der Waals surface area contributed by atoms with Gasteiger partial charge in [-0.1, -0.05) is 17.7 Å². The minimum absolute atomic E-state index is 0.0484. The number of anilines is 1. The smallest absolute Gasteiger partial charge is 0.279 e. The number of carbonyl (C=O) groups excluding carboxylic acids is 1. The molecule has 0 radical (unpaired) electrons. The van der Waals surface area contributed by atoms with E-state index in [0.29, 0.717) is 4.88 Å². The topological polar surface area (TPSA) is 96.3 Å². The van der Waals surface area contributed by atoms with Crippen molar-refractivity contribution in [2.45, 2.75) is 0 Å². The molecule has 0 saturated heterocycles. The number of benzene rings is 1. The second-order valence-electron chi connectivity index (χ2n) is 3.93. The summed E-state index contributed by atoms with van der Waals surface area (Å²) in [6, 6.07) is 7.32. The van der Waals surface area contributed by atoms with E-state index in [1.807, 2.05) is 0 Å². The number of nitro groups is 1. The Morgan fingerprint density at radius 3 is 2.73 bits per heavy atom. The molecule has 0 bridgehead atoms. The van der Waals surface area contributed by atoms with Crippen LogP contribution in [0.5, 0.6) is 0 Å². The maximum Gasteiger partial charge on any atom is 0.279 e. The highest BCUT2D eigenvalue weighted by Crippen LogP contribution is 2.26. The summed E-state index contributed by atoms with van der Waals surface area (Å²) in [6.07, 6.45) is 0. The lowest BCUT2D eigenvalue weighted by molar-refractivity contribution is -0.384. The third-order valence-corrected chi connectivity index (χ3v) is 3.85. The Morgan fingerprint density at radius 2 is 2.09 bits per heavy atom. The summed E-state index contributed by atoms with van der Waals surface area (Å²) in [4.78, 5) is 22.4. The molecule has 0 aliphatic carbocycles. The van der Waals surface area contributed by atoms with E-state index in [1.165, 1.54) is 29.5 Å². The fourth-order valence-corrected chi connectivity index (χ4v) is 2.40. The maximum atomic E-state index is 11.7. The van der Waals surface area contributed by atoms with Gasteiger partial charge in [-0.15, -0.1) is 11.3 Å². The molecule has 0 saturated carbocycles. The Balaban J connectivity index is 1.96. The van der Waals surface area contributed by atoms with Gasteiger partial charge in [0.05, 0.1) is 20.5 Å². The van der Waals surface area contributed by atoms with Gasteiger partial charge < -0.3 is 5.32 Å². The fraction of sp³-hybridized carbons (Fsp3) is 0. The van der Waals surface area contributed by atoms with Crippen molar-refractivity contribution in [2.24, 2.45) is 0 Å². The molecule has 22 heavy (non-hydrogen) atoms. The first kappa shape index (κ1) is 16.1. The number of hydrazine groups is 1. The van der Waals surface area contributed by atoms with Gasteiger partial charge in [0.25, 0.3) is 11.6 Å². The summed E-state index contributed by atoms with van der Waals surface area (Å²) in [5.74, 6) is -0.343. The predicted octanol–water partition coefficient (Wildman–Crippen LogP) is 2.94. The largest absolute Gasteiger partial charge is 0.330 e. The normalized spacial score (nSPS) is 9.86. The Hall–Kier alpha value is -2.23. The lowest BCUT2D eigenvalue weighted by Gasteiger charge is -2.12. The Morgan fingerprint density at radius 1 is 1.32 bits per heavy atom. The van der Waals surface area contributed by atoms with Gasteiger partial charge in [0.15, 0.2) is 5.11 Å². The van der Waals surface area contributed by atoms with E-state index in [2.05, 4.69) is 16.2 Å². The summed E-state index contributed by atoms with van der Waals surface area (Å²) < 4.78 is 0. The Bertz CT molecular complexity index is 721. The minimum atomic E-state index is -0.545. The number of carbonyl (C=O) groups is 1. The van der Waals surface area contributed by atoms with Crippen molar-refractivity contribution in [2.75, 3.05) is 5.32 Å². The highest BCUT2D eigenvalue weighted by atomic mass is 35.5.